The Morgan fingerprint density at radius 1 is 1.24 bits per heavy atom. The number of para-hydroxylation sites is 2. The molecule has 0 saturated carbocycles. The Hall–Kier alpha value is -2.70. The highest BCUT2D eigenvalue weighted by Gasteiger charge is 2.11. The minimum atomic E-state index is -0.240. The van der Waals surface area contributed by atoms with Gasteiger partial charge in [0, 0.05) is 25.8 Å². The first-order valence-corrected chi connectivity index (χ1v) is 8.23. The molecule has 3 rings (SSSR count). The minimum absolute atomic E-state index is 0.0707. The maximum atomic E-state index is 11.9. The molecule has 3 aromatic rings. The van der Waals surface area contributed by atoms with Gasteiger partial charge in [-0.2, -0.15) is 0 Å². The van der Waals surface area contributed by atoms with Crippen LogP contribution in [0.3, 0.4) is 0 Å². The van der Waals surface area contributed by atoms with Crippen LogP contribution in [0.1, 0.15) is 12.0 Å². The Kier molecular flexibility index (Phi) is 5.42. The summed E-state index contributed by atoms with van der Waals surface area (Å²) in [6.07, 6.45) is 0.0276. The second-order valence-corrected chi connectivity index (χ2v) is 5.87. The van der Waals surface area contributed by atoms with Crippen LogP contribution in [0.4, 0.5) is 0 Å². The standard InChI is InChI=1S/C19H22N4O2/c1-25-15(11-20)10-18(24)21-12-13-6-8-14(9-7-13)19-22-16-4-2-3-5-17(16)23-19/h2-9,15H,10-12,20H2,1H3,(H,21,24)(H,22,23). The van der Waals surface area contributed by atoms with Crippen molar-refractivity contribution in [2.75, 3.05) is 13.7 Å². The van der Waals surface area contributed by atoms with E-state index in [4.69, 9.17) is 10.5 Å². The summed E-state index contributed by atoms with van der Waals surface area (Å²) in [5.41, 5.74) is 9.52. The van der Waals surface area contributed by atoms with Crippen LogP contribution in [0, 0.1) is 0 Å². The van der Waals surface area contributed by atoms with Gasteiger partial charge in [-0.25, -0.2) is 4.98 Å². The van der Waals surface area contributed by atoms with Gasteiger partial charge in [-0.05, 0) is 17.7 Å². The summed E-state index contributed by atoms with van der Waals surface area (Å²) in [6.45, 7) is 0.802. The van der Waals surface area contributed by atoms with Crippen LogP contribution < -0.4 is 11.1 Å². The van der Waals surface area contributed by atoms with Crippen LogP contribution in [0.15, 0.2) is 48.5 Å². The Balaban J connectivity index is 1.61. The number of hydrogen-bond acceptors (Lipinski definition) is 4. The van der Waals surface area contributed by atoms with E-state index in [9.17, 15) is 4.79 Å². The molecule has 0 spiro atoms. The second-order valence-electron chi connectivity index (χ2n) is 5.87. The number of ether oxygens (including phenoxy) is 1. The summed E-state index contributed by atoms with van der Waals surface area (Å²) in [7, 11) is 1.56. The van der Waals surface area contributed by atoms with Crippen molar-refractivity contribution in [2.24, 2.45) is 5.73 Å². The molecule has 0 aliphatic rings. The lowest BCUT2D eigenvalue weighted by Gasteiger charge is -2.12. The summed E-state index contributed by atoms with van der Waals surface area (Å²) in [6, 6.07) is 15.9. The molecule has 1 unspecified atom stereocenters. The summed E-state index contributed by atoms with van der Waals surface area (Å²) in [4.78, 5) is 19.8. The predicted octanol–water partition coefficient (Wildman–Crippen LogP) is 2.21. The Labute approximate surface area is 146 Å². The zero-order valence-electron chi connectivity index (χ0n) is 14.2. The molecule has 6 nitrogen and oxygen atoms in total. The highest BCUT2D eigenvalue weighted by atomic mass is 16.5. The Morgan fingerprint density at radius 2 is 2.00 bits per heavy atom. The zero-order valence-corrected chi connectivity index (χ0v) is 14.2. The van der Waals surface area contributed by atoms with E-state index in [2.05, 4.69) is 15.3 Å². The number of aromatic nitrogens is 2. The van der Waals surface area contributed by atoms with Crippen molar-refractivity contribution in [1.29, 1.82) is 0 Å². The first-order chi connectivity index (χ1) is 12.2. The third-order valence-corrected chi connectivity index (χ3v) is 4.12. The van der Waals surface area contributed by atoms with Crippen molar-refractivity contribution in [3.63, 3.8) is 0 Å². The molecule has 1 atom stereocenters. The summed E-state index contributed by atoms with van der Waals surface area (Å²) < 4.78 is 5.12. The number of aromatic amines is 1. The fourth-order valence-electron chi connectivity index (χ4n) is 2.61. The number of hydrogen-bond donors (Lipinski definition) is 3. The molecule has 130 valence electrons. The normalized spacial score (nSPS) is 12.2. The number of H-pyrrole nitrogens is 1. The largest absolute Gasteiger partial charge is 0.380 e. The first kappa shape index (κ1) is 17.1. The molecule has 1 aromatic heterocycles. The predicted molar refractivity (Wildman–Crippen MR) is 97.8 cm³/mol. The number of nitrogens with zero attached hydrogens (tertiary/aromatic N) is 1. The molecule has 1 amide bonds. The van der Waals surface area contributed by atoms with E-state index < -0.39 is 0 Å². The molecule has 0 radical (unpaired) electrons. The number of fused-ring (bicyclic) bond motifs is 1. The van der Waals surface area contributed by atoms with Crippen molar-refractivity contribution in [2.45, 2.75) is 19.1 Å². The number of nitrogens with one attached hydrogen (secondary N) is 2. The number of carbonyl (C=O) groups excluding carboxylic acids is 1. The Morgan fingerprint density at radius 3 is 2.68 bits per heavy atom. The van der Waals surface area contributed by atoms with E-state index in [0.717, 1.165) is 28.0 Å². The van der Waals surface area contributed by atoms with Crippen molar-refractivity contribution >= 4 is 16.9 Å². The van der Waals surface area contributed by atoms with Gasteiger partial charge < -0.3 is 20.8 Å². The number of imidazole rings is 1. The Bertz CT molecular complexity index is 805. The molecular formula is C19H22N4O2. The average molecular weight is 338 g/mol. The van der Waals surface area contributed by atoms with Crippen LogP contribution >= 0.6 is 0 Å². The maximum Gasteiger partial charge on any atom is 0.222 e. The van der Waals surface area contributed by atoms with Gasteiger partial charge in [0.1, 0.15) is 5.82 Å². The molecular weight excluding hydrogens is 316 g/mol. The average Bonchev–Trinajstić information content (AvgIpc) is 3.09. The van der Waals surface area contributed by atoms with E-state index in [0.29, 0.717) is 13.1 Å². The topological polar surface area (TPSA) is 93.0 Å². The van der Waals surface area contributed by atoms with Gasteiger partial charge in [0.05, 0.1) is 23.6 Å². The van der Waals surface area contributed by atoms with Gasteiger partial charge in [0.15, 0.2) is 0 Å². The second kappa shape index (κ2) is 7.92. The lowest BCUT2D eigenvalue weighted by molar-refractivity contribution is -0.123. The van der Waals surface area contributed by atoms with Gasteiger partial charge in [-0.15, -0.1) is 0 Å². The molecule has 1 heterocycles. The quantitative estimate of drug-likeness (QED) is 0.616. The van der Waals surface area contributed by atoms with Crippen LogP contribution in [0.25, 0.3) is 22.4 Å². The third-order valence-electron chi connectivity index (χ3n) is 4.12. The minimum Gasteiger partial charge on any atom is -0.380 e. The van der Waals surface area contributed by atoms with Crippen LogP contribution in [0.5, 0.6) is 0 Å². The SMILES string of the molecule is COC(CN)CC(=O)NCc1ccc(-c2nc3ccccc3[nH]2)cc1. The first-order valence-electron chi connectivity index (χ1n) is 8.23. The van der Waals surface area contributed by atoms with Gasteiger partial charge in [-0.1, -0.05) is 36.4 Å². The maximum absolute atomic E-state index is 11.9. The van der Waals surface area contributed by atoms with Gasteiger partial charge in [0.25, 0.3) is 0 Å². The van der Waals surface area contributed by atoms with Crippen molar-refractivity contribution < 1.29 is 9.53 Å². The number of rotatable bonds is 7. The molecule has 6 heteroatoms. The molecule has 0 aliphatic carbocycles. The third kappa shape index (κ3) is 4.23. The fraction of sp³-hybridized carbons (Fsp3) is 0.263. The van der Waals surface area contributed by atoms with E-state index in [1.165, 1.54) is 0 Å². The lowest BCUT2D eigenvalue weighted by Crippen LogP contribution is -2.31. The highest BCUT2D eigenvalue weighted by molar-refractivity contribution is 5.79. The summed E-state index contributed by atoms with van der Waals surface area (Å²) in [5, 5.41) is 2.88. The number of carbonyl (C=O) groups is 1. The van der Waals surface area contributed by atoms with Crippen LogP contribution in [0.2, 0.25) is 0 Å². The van der Waals surface area contributed by atoms with Crippen molar-refractivity contribution in [1.82, 2.24) is 15.3 Å². The molecule has 4 N–H and O–H groups in total. The highest BCUT2D eigenvalue weighted by Crippen LogP contribution is 2.20. The molecule has 0 aliphatic heterocycles. The number of amides is 1. The molecule has 0 fully saturated rings. The van der Waals surface area contributed by atoms with Crippen molar-refractivity contribution in [3.8, 4) is 11.4 Å². The summed E-state index contributed by atoms with van der Waals surface area (Å²) >= 11 is 0. The van der Waals surface area contributed by atoms with E-state index in [1.54, 1.807) is 7.11 Å². The van der Waals surface area contributed by atoms with Gasteiger partial charge >= 0.3 is 0 Å². The lowest BCUT2D eigenvalue weighted by atomic mass is 10.1. The number of benzene rings is 2. The molecule has 0 saturated heterocycles. The van der Waals surface area contributed by atoms with Crippen LogP contribution in [-0.4, -0.2) is 35.6 Å². The van der Waals surface area contributed by atoms with E-state index in [-0.39, 0.29) is 18.4 Å². The molecule has 25 heavy (non-hydrogen) atoms. The number of methoxy groups -OCH3 is 1. The van der Waals surface area contributed by atoms with E-state index >= 15 is 0 Å². The molecule has 2 aromatic carbocycles. The fourth-order valence-corrected chi connectivity index (χ4v) is 2.61. The zero-order chi connectivity index (χ0) is 17.6. The number of nitrogens with two attached hydrogens (primary N) is 1. The van der Waals surface area contributed by atoms with Gasteiger partial charge in [0.2, 0.25) is 5.91 Å². The van der Waals surface area contributed by atoms with Crippen LogP contribution in [-0.2, 0) is 16.1 Å². The molecule has 0 bridgehead atoms. The van der Waals surface area contributed by atoms with Crippen molar-refractivity contribution in [3.05, 3.63) is 54.1 Å². The summed E-state index contributed by atoms with van der Waals surface area (Å²) in [5.74, 6) is 0.765. The smallest absolute Gasteiger partial charge is 0.222 e. The van der Waals surface area contributed by atoms with Gasteiger partial charge in [-0.3, -0.25) is 4.79 Å². The van der Waals surface area contributed by atoms with E-state index in [1.807, 2.05) is 48.5 Å². The monoisotopic (exact) mass is 338 g/mol.